The lowest BCUT2D eigenvalue weighted by molar-refractivity contribution is -0.129. The van der Waals surface area contributed by atoms with E-state index in [-0.39, 0.29) is 48.5 Å². The summed E-state index contributed by atoms with van der Waals surface area (Å²) in [6.45, 7) is 0.306. The molecule has 9 heteroatoms. The van der Waals surface area contributed by atoms with Crippen LogP contribution < -0.4 is 15.6 Å². The molecule has 1 aromatic heterocycles. The van der Waals surface area contributed by atoms with Crippen molar-refractivity contribution in [3.63, 3.8) is 0 Å². The van der Waals surface area contributed by atoms with Crippen LogP contribution in [0, 0.1) is 0 Å². The molecule has 2 aliphatic rings. The number of likely N-dealkylation sites (N-methyl/N-ethyl adjacent to an activating group) is 1. The lowest BCUT2D eigenvalue weighted by atomic mass is 9.92. The van der Waals surface area contributed by atoms with Gasteiger partial charge < -0.3 is 24.4 Å². The minimum absolute atomic E-state index is 0.0945. The summed E-state index contributed by atoms with van der Waals surface area (Å²) in [5.41, 5.74) is 0.977. The number of fused-ring (bicyclic) bond motifs is 2. The van der Waals surface area contributed by atoms with Gasteiger partial charge in [-0.2, -0.15) is 0 Å². The highest BCUT2D eigenvalue weighted by Crippen LogP contribution is 2.25. The van der Waals surface area contributed by atoms with Gasteiger partial charge in [-0.15, -0.1) is 0 Å². The molecule has 0 radical (unpaired) electrons. The number of rotatable bonds is 3. The number of piperidine rings is 1. The van der Waals surface area contributed by atoms with Crippen molar-refractivity contribution in [1.82, 2.24) is 19.7 Å². The van der Waals surface area contributed by atoms with Crippen molar-refractivity contribution in [1.29, 1.82) is 0 Å². The quantitative estimate of drug-likeness (QED) is 0.656. The largest absolute Gasteiger partial charge is 0.483 e. The summed E-state index contributed by atoms with van der Waals surface area (Å²) in [6, 6.07) is 9.99. The van der Waals surface area contributed by atoms with E-state index in [2.05, 4.69) is 11.4 Å². The van der Waals surface area contributed by atoms with E-state index in [0.717, 1.165) is 18.4 Å². The maximum absolute atomic E-state index is 13.6. The first-order valence-electron chi connectivity index (χ1n) is 12.2. The Morgan fingerprint density at radius 3 is 2.72 bits per heavy atom. The second-order valence-corrected chi connectivity index (χ2v) is 9.36. The van der Waals surface area contributed by atoms with Crippen LogP contribution in [0.5, 0.6) is 5.75 Å². The molecule has 2 aromatic rings. The average Bonchev–Trinajstić information content (AvgIpc) is 2.86. The highest BCUT2D eigenvalue weighted by Gasteiger charge is 2.35. The molecule has 1 fully saturated rings. The number of carbonyl (C=O) groups is 3. The van der Waals surface area contributed by atoms with Gasteiger partial charge in [0.05, 0.1) is 11.6 Å². The van der Waals surface area contributed by atoms with Gasteiger partial charge in [0.1, 0.15) is 12.3 Å². The number of para-hydroxylation sites is 1. The third-order valence-electron chi connectivity index (χ3n) is 6.63. The molecular weight excluding hydrogens is 460 g/mol. The van der Waals surface area contributed by atoms with Gasteiger partial charge in [-0.05, 0) is 43.4 Å². The van der Waals surface area contributed by atoms with E-state index < -0.39 is 0 Å². The number of carbonyl (C=O) groups excluding carboxylic acids is 3. The number of nitrogens with zero attached hydrogens (tertiary/aromatic N) is 3. The molecule has 0 bridgehead atoms. The van der Waals surface area contributed by atoms with Gasteiger partial charge in [0.2, 0.25) is 5.91 Å². The number of ether oxygens (including phenoxy) is 1. The summed E-state index contributed by atoms with van der Waals surface area (Å²) in [4.78, 5) is 53.9. The summed E-state index contributed by atoms with van der Waals surface area (Å²) in [5, 5.41) is 3.07. The molecule has 1 N–H and O–H groups in total. The number of aromatic nitrogens is 1. The van der Waals surface area contributed by atoms with Gasteiger partial charge in [-0.1, -0.05) is 30.4 Å². The van der Waals surface area contributed by atoms with Crippen LogP contribution >= 0.6 is 0 Å². The van der Waals surface area contributed by atoms with Gasteiger partial charge in [-0.25, -0.2) is 0 Å². The number of nitrogens with one attached hydrogen (secondary N) is 1. The molecule has 0 spiro atoms. The minimum Gasteiger partial charge on any atom is -0.483 e. The molecule has 4 rings (SSSR count). The van der Waals surface area contributed by atoms with Crippen LogP contribution in [0.2, 0.25) is 0 Å². The number of benzene rings is 1. The lowest BCUT2D eigenvalue weighted by Gasteiger charge is -2.41. The summed E-state index contributed by atoms with van der Waals surface area (Å²) in [6.07, 6.45) is 8.29. The topological polar surface area (TPSA) is 101 Å². The van der Waals surface area contributed by atoms with Gasteiger partial charge >= 0.3 is 0 Å². The monoisotopic (exact) mass is 492 g/mol. The number of amides is 3. The Kier molecular flexibility index (Phi) is 7.87. The van der Waals surface area contributed by atoms with Crippen LogP contribution in [-0.4, -0.2) is 71.4 Å². The van der Waals surface area contributed by atoms with E-state index in [4.69, 9.17) is 4.74 Å². The Hall–Kier alpha value is -3.88. The molecule has 36 heavy (non-hydrogen) atoms. The predicted molar refractivity (Wildman–Crippen MR) is 135 cm³/mol. The molecule has 1 saturated heterocycles. The second kappa shape index (κ2) is 11.2. The fraction of sp³-hybridized carbons (Fsp3) is 0.407. The van der Waals surface area contributed by atoms with E-state index in [0.29, 0.717) is 30.7 Å². The Morgan fingerprint density at radius 2 is 1.92 bits per heavy atom. The number of likely N-dealkylation sites (tertiary alicyclic amines) is 1. The summed E-state index contributed by atoms with van der Waals surface area (Å²) >= 11 is 0. The fourth-order valence-corrected chi connectivity index (χ4v) is 4.65. The van der Waals surface area contributed by atoms with Crippen LogP contribution in [0.15, 0.2) is 59.5 Å². The second-order valence-electron chi connectivity index (χ2n) is 9.36. The van der Waals surface area contributed by atoms with Gasteiger partial charge in [0.25, 0.3) is 17.4 Å². The van der Waals surface area contributed by atoms with E-state index >= 15 is 0 Å². The fourth-order valence-electron chi connectivity index (χ4n) is 4.65. The molecular formula is C27H32N4O5. The molecule has 9 nitrogen and oxygen atoms in total. The van der Waals surface area contributed by atoms with Crippen molar-refractivity contribution in [3.8, 4) is 5.75 Å². The smallest absolute Gasteiger partial charge is 0.258 e. The number of pyridine rings is 1. The van der Waals surface area contributed by atoms with Crippen molar-refractivity contribution in [2.24, 2.45) is 0 Å². The number of hydrogen-bond acceptors (Lipinski definition) is 5. The Bertz CT molecular complexity index is 1220. The number of allylic oxidation sites excluding steroid dienone is 1. The van der Waals surface area contributed by atoms with E-state index in [9.17, 15) is 19.2 Å². The summed E-state index contributed by atoms with van der Waals surface area (Å²) < 4.78 is 7.04. The van der Waals surface area contributed by atoms with E-state index in [1.54, 1.807) is 19.0 Å². The normalized spacial score (nSPS) is 20.9. The van der Waals surface area contributed by atoms with Crippen molar-refractivity contribution in [3.05, 3.63) is 76.2 Å². The van der Waals surface area contributed by atoms with Crippen LogP contribution in [0.1, 0.15) is 35.2 Å². The standard InChI is InChI=1S/C27H32N4O5/c1-29(2)26(34)17-30-16-20(13-14-25(30)33)27(35)31-15-7-10-21-22(31)11-5-3-8-19-9-4-6-12-23(19)36-18-24(32)28-21/h3-6,9,12-14,16,21-22H,7-8,10-11,15,17-18H2,1-2H3,(H,28,32)/b5-3+/t21-,22-/m1/s1. The first kappa shape index (κ1) is 25.2. The molecule has 3 heterocycles. The zero-order valence-corrected chi connectivity index (χ0v) is 20.7. The van der Waals surface area contributed by atoms with Gasteiger partial charge in [0.15, 0.2) is 6.61 Å². The lowest BCUT2D eigenvalue weighted by Crippen LogP contribution is -2.57. The summed E-state index contributed by atoms with van der Waals surface area (Å²) in [5.74, 6) is -0.00469. The van der Waals surface area contributed by atoms with Crippen molar-refractivity contribution in [2.75, 3.05) is 27.2 Å². The van der Waals surface area contributed by atoms with Crippen LogP contribution in [0.4, 0.5) is 0 Å². The average molecular weight is 493 g/mol. The minimum atomic E-state index is -0.347. The third kappa shape index (κ3) is 5.84. The first-order valence-corrected chi connectivity index (χ1v) is 12.2. The van der Waals surface area contributed by atoms with Crippen molar-refractivity contribution < 1.29 is 19.1 Å². The highest BCUT2D eigenvalue weighted by atomic mass is 16.5. The number of hydrogen-bond donors (Lipinski definition) is 1. The molecule has 0 saturated carbocycles. The zero-order chi connectivity index (χ0) is 25.7. The molecule has 190 valence electrons. The van der Waals surface area contributed by atoms with Crippen LogP contribution in [0.25, 0.3) is 0 Å². The third-order valence-corrected chi connectivity index (χ3v) is 6.63. The SMILES string of the molecule is CN(C)C(=O)Cn1cc(C(=O)N2CCC[C@H]3NC(=O)COc4ccccc4C/C=C/C[C@H]32)ccc1=O. The van der Waals surface area contributed by atoms with Crippen molar-refractivity contribution >= 4 is 17.7 Å². The zero-order valence-electron chi connectivity index (χ0n) is 20.7. The maximum atomic E-state index is 13.6. The maximum Gasteiger partial charge on any atom is 0.258 e. The van der Waals surface area contributed by atoms with Crippen molar-refractivity contribution in [2.45, 2.75) is 44.3 Å². The van der Waals surface area contributed by atoms with E-state index in [1.165, 1.54) is 27.8 Å². The Labute approximate surface area is 210 Å². The van der Waals surface area contributed by atoms with Gasteiger partial charge in [0, 0.05) is 38.9 Å². The highest BCUT2D eigenvalue weighted by molar-refractivity contribution is 5.94. The first-order chi connectivity index (χ1) is 17.3. The molecule has 0 unspecified atom stereocenters. The molecule has 2 aliphatic heterocycles. The summed E-state index contributed by atoms with van der Waals surface area (Å²) in [7, 11) is 3.23. The molecule has 3 amide bonds. The molecule has 0 aliphatic carbocycles. The molecule has 1 aromatic carbocycles. The molecule has 2 atom stereocenters. The Morgan fingerprint density at radius 1 is 1.11 bits per heavy atom. The van der Waals surface area contributed by atoms with Gasteiger partial charge in [-0.3, -0.25) is 19.2 Å². The van der Waals surface area contributed by atoms with E-state index in [1.807, 2.05) is 30.3 Å². The Balaban J connectivity index is 1.58. The predicted octanol–water partition coefficient (Wildman–Crippen LogP) is 1.61. The van der Waals surface area contributed by atoms with Crippen LogP contribution in [0.3, 0.4) is 0 Å². The van der Waals surface area contributed by atoms with Crippen LogP contribution in [-0.2, 0) is 22.6 Å².